The number of carbonyl (C=O) groups excluding carboxylic acids is 2. The standard InChI is InChI=1S/C9H16N2O4/c1-3-4-11(7(2)9(14)15)8(13)5-10-6-12/h6-7H,3-5H2,1-2H3,(H,10,12)(H,14,15). The Morgan fingerprint density at radius 2 is 2.13 bits per heavy atom. The van der Waals surface area contributed by atoms with E-state index in [1.807, 2.05) is 6.92 Å². The Morgan fingerprint density at radius 1 is 1.53 bits per heavy atom. The van der Waals surface area contributed by atoms with E-state index in [0.717, 1.165) is 0 Å². The van der Waals surface area contributed by atoms with Crippen molar-refractivity contribution in [3.8, 4) is 0 Å². The van der Waals surface area contributed by atoms with Gasteiger partial charge in [0.2, 0.25) is 12.3 Å². The molecule has 0 aromatic heterocycles. The summed E-state index contributed by atoms with van der Waals surface area (Å²) in [7, 11) is 0. The minimum Gasteiger partial charge on any atom is -0.480 e. The predicted molar refractivity (Wildman–Crippen MR) is 53.2 cm³/mol. The molecule has 0 heterocycles. The Labute approximate surface area is 88.2 Å². The van der Waals surface area contributed by atoms with E-state index in [1.54, 1.807) is 0 Å². The lowest BCUT2D eigenvalue weighted by Gasteiger charge is -2.25. The van der Waals surface area contributed by atoms with Crippen LogP contribution in [0.3, 0.4) is 0 Å². The SMILES string of the molecule is CCCN(C(=O)CNC=O)C(C)C(=O)O. The second-order valence-electron chi connectivity index (χ2n) is 3.10. The number of carboxylic acid groups (broad SMARTS) is 1. The maximum atomic E-state index is 11.5. The lowest BCUT2D eigenvalue weighted by molar-refractivity contribution is -0.149. The number of rotatable bonds is 7. The quantitative estimate of drug-likeness (QED) is 0.559. The van der Waals surface area contributed by atoms with Crippen molar-refractivity contribution in [2.45, 2.75) is 26.3 Å². The Bertz CT molecular complexity index is 242. The number of nitrogens with zero attached hydrogens (tertiary/aromatic N) is 1. The number of hydrogen-bond acceptors (Lipinski definition) is 3. The molecule has 1 atom stereocenters. The molecule has 0 spiro atoms. The summed E-state index contributed by atoms with van der Waals surface area (Å²) < 4.78 is 0. The van der Waals surface area contributed by atoms with Crippen molar-refractivity contribution in [3.05, 3.63) is 0 Å². The highest BCUT2D eigenvalue weighted by molar-refractivity contribution is 5.85. The van der Waals surface area contributed by atoms with Crippen LogP contribution in [0.5, 0.6) is 0 Å². The van der Waals surface area contributed by atoms with Crippen LogP contribution in [0.2, 0.25) is 0 Å². The fraction of sp³-hybridized carbons (Fsp3) is 0.667. The second kappa shape index (κ2) is 6.80. The molecule has 0 aliphatic rings. The van der Waals surface area contributed by atoms with Gasteiger partial charge in [0, 0.05) is 6.54 Å². The molecule has 15 heavy (non-hydrogen) atoms. The average Bonchev–Trinajstić information content (AvgIpc) is 2.21. The molecule has 86 valence electrons. The van der Waals surface area contributed by atoms with Crippen LogP contribution in [0.25, 0.3) is 0 Å². The number of aliphatic carboxylic acids is 1. The van der Waals surface area contributed by atoms with Crippen molar-refractivity contribution in [2.24, 2.45) is 0 Å². The summed E-state index contributed by atoms with van der Waals surface area (Å²) in [5.74, 6) is -1.44. The fourth-order valence-corrected chi connectivity index (χ4v) is 1.14. The first-order valence-electron chi connectivity index (χ1n) is 4.73. The molecule has 0 radical (unpaired) electrons. The summed E-state index contributed by atoms with van der Waals surface area (Å²) >= 11 is 0. The van der Waals surface area contributed by atoms with Gasteiger partial charge in [0.05, 0.1) is 6.54 Å². The molecule has 0 saturated carbocycles. The third kappa shape index (κ3) is 4.44. The van der Waals surface area contributed by atoms with Crippen molar-refractivity contribution in [1.82, 2.24) is 10.2 Å². The first-order chi connectivity index (χ1) is 7.04. The number of hydrogen-bond donors (Lipinski definition) is 2. The normalized spacial score (nSPS) is 11.6. The number of carboxylic acids is 1. The van der Waals surface area contributed by atoms with Gasteiger partial charge in [0.1, 0.15) is 6.04 Å². The molecule has 2 amide bonds. The highest BCUT2D eigenvalue weighted by atomic mass is 16.4. The van der Waals surface area contributed by atoms with Crippen LogP contribution in [0.15, 0.2) is 0 Å². The van der Waals surface area contributed by atoms with E-state index in [1.165, 1.54) is 11.8 Å². The first kappa shape index (κ1) is 13.4. The minimum atomic E-state index is -1.05. The molecule has 0 bridgehead atoms. The Kier molecular flexibility index (Phi) is 6.08. The van der Waals surface area contributed by atoms with Crippen molar-refractivity contribution in [3.63, 3.8) is 0 Å². The summed E-state index contributed by atoms with van der Waals surface area (Å²) in [6.45, 7) is 3.49. The lowest BCUT2D eigenvalue weighted by Crippen LogP contribution is -2.47. The molecule has 0 saturated heterocycles. The maximum absolute atomic E-state index is 11.5. The van der Waals surface area contributed by atoms with Crippen LogP contribution >= 0.6 is 0 Å². The van der Waals surface area contributed by atoms with Gasteiger partial charge in [-0.25, -0.2) is 4.79 Å². The topological polar surface area (TPSA) is 86.7 Å². The summed E-state index contributed by atoms with van der Waals surface area (Å²) in [5.41, 5.74) is 0. The molecular weight excluding hydrogens is 200 g/mol. The third-order valence-corrected chi connectivity index (χ3v) is 1.95. The molecule has 0 aromatic rings. The molecule has 0 rings (SSSR count). The van der Waals surface area contributed by atoms with Gasteiger partial charge in [-0.1, -0.05) is 6.92 Å². The van der Waals surface area contributed by atoms with Crippen molar-refractivity contribution < 1.29 is 19.5 Å². The first-order valence-corrected chi connectivity index (χ1v) is 4.73. The highest BCUT2D eigenvalue weighted by Crippen LogP contribution is 2.01. The fourth-order valence-electron chi connectivity index (χ4n) is 1.14. The molecule has 6 nitrogen and oxygen atoms in total. The molecule has 0 aromatic carbocycles. The zero-order valence-electron chi connectivity index (χ0n) is 8.90. The zero-order chi connectivity index (χ0) is 11.8. The van der Waals surface area contributed by atoms with Crippen LogP contribution in [0.1, 0.15) is 20.3 Å². The van der Waals surface area contributed by atoms with E-state index < -0.39 is 12.0 Å². The third-order valence-electron chi connectivity index (χ3n) is 1.95. The van der Waals surface area contributed by atoms with Crippen molar-refractivity contribution in [2.75, 3.05) is 13.1 Å². The zero-order valence-corrected chi connectivity index (χ0v) is 8.90. The van der Waals surface area contributed by atoms with Gasteiger partial charge in [0.15, 0.2) is 0 Å². The summed E-state index contributed by atoms with van der Waals surface area (Å²) in [6, 6.07) is -0.870. The molecular formula is C9H16N2O4. The van der Waals surface area contributed by atoms with Crippen molar-refractivity contribution in [1.29, 1.82) is 0 Å². The van der Waals surface area contributed by atoms with E-state index >= 15 is 0 Å². The molecule has 0 aliphatic carbocycles. The summed E-state index contributed by atoms with van der Waals surface area (Å²) in [5, 5.41) is 11.0. The molecule has 2 N–H and O–H groups in total. The minimum absolute atomic E-state index is 0.166. The van der Waals surface area contributed by atoms with Gasteiger partial charge in [-0.05, 0) is 13.3 Å². The van der Waals surface area contributed by atoms with E-state index in [4.69, 9.17) is 5.11 Å². The van der Waals surface area contributed by atoms with E-state index in [-0.39, 0.29) is 12.5 Å². The molecule has 0 fully saturated rings. The Morgan fingerprint density at radius 3 is 2.53 bits per heavy atom. The van der Waals surface area contributed by atoms with Gasteiger partial charge in [-0.2, -0.15) is 0 Å². The molecule has 1 unspecified atom stereocenters. The van der Waals surface area contributed by atoms with Crippen molar-refractivity contribution >= 4 is 18.3 Å². The predicted octanol–water partition coefficient (Wildman–Crippen LogP) is -0.556. The monoisotopic (exact) mass is 216 g/mol. The second-order valence-corrected chi connectivity index (χ2v) is 3.10. The smallest absolute Gasteiger partial charge is 0.326 e. The Balaban J connectivity index is 4.42. The lowest BCUT2D eigenvalue weighted by atomic mass is 10.2. The van der Waals surface area contributed by atoms with E-state index in [2.05, 4.69) is 5.32 Å². The molecule has 6 heteroatoms. The van der Waals surface area contributed by atoms with Gasteiger partial charge >= 0.3 is 5.97 Å². The van der Waals surface area contributed by atoms with Gasteiger partial charge in [-0.3, -0.25) is 9.59 Å². The van der Waals surface area contributed by atoms with Crippen LogP contribution < -0.4 is 5.32 Å². The van der Waals surface area contributed by atoms with Gasteiger partial charge in [-0.15, -0.1) is 0 Å². The van der Waals surface area contributed by atoms with Crippen LogP contribution in [0.4, 0.5) is 0 Å². The molecule has 0 aliphatic heterocycles. The maximum Gasteiger partial charge on any atom is 0.326 e. The summed E-state index contributed by atoms with van der Waals surface area (Å²) in [4.78, 5) is 33.4. The number of nitrogens with one attached hydrogen (secondary N) is 1. The average molecular weight is 216 g/mol. The summed E-state index contributed by atoms with van der Waals surface area (Å²) in [6.07, 6.45) is 1.08. The van der Waals surface area contributed by atoms with E-state index in [0.29, 0.717) is 19.4 Å². The van der Waals surface area contributed by atoms with Crippen LogP contribution in [-0.4, -0.2) is 47.4 Å². The number of amides is 2. The van der Waals surface area contributed by atoms with Crippen LogP contribution in [-0.2, 0) is 14.4 Å². The highest BCUT2D eigenvalue weighted by Gasteiger charge is 2.23. The van der Waals surface area contributed by atoms with E-state index in [9.17, 15) is 14.4 Å². The van der Waals surface area contributed by atoms with Gasteiger partial charge < -0.3 is 15.3 Å². The number of carbonyl (C=O) groups is 3. The van der Waals surface area contributed by atoms with Crippen LogP contribution in [0, 0.1) is 0 Å². The Hall–Kier alpha value is -1.59. The largest absolute Gasteiger partial charge is 0.480 e. The van der Waals surface area contributed by atoms with Gasteiger partial charge in [0.25, 0.3) is 0 Å².